The number of carbonyl (C=O) groups excluding carboxylic acids is 1. The number of rotatable bonds is 6. The van der Waals surface area contributed by atoms with E-state index in [4.69, 9.17) is 0 Å². The number of nitrogens with one attached hydrogen (secondary N) is 1. The molecule has 13 nitrogen and oxygen atoms in total. The first-order valence-corrected chi connectivity index (χ1v) is 10.8. The number of aromatic carboxylic acids is 1. The Labute approximate surface area is 223 Å². The summed E-state index contributed by atoms with van der Waals surface area (Å²) in [6.45, 7) is 0. The average molecular weight is 656 g/mol. The van der Waals surface area contributed by atoms with Gasteiger partial charge >= 0.3 is 51.2 Å². The molecule has 0 spiro atoms. The number of nitrogens with zero attached hydrogens (tertiary/aromatic N) is 3. The molecule has 0 unspecified atom stereocenters. The minimum atomic E-state index is -4.72. The molecule has 0 amide bonds. The number of hydrogen-bond acceptors (Lipinski definition) is 11. The van der Waals surface area contributed by atoms with Crippen LogP contribution in [0.3, 0.4) is 0 Å². The summed E-state index contributed by atoms with van der Waals surface area (Å²) in [6, 6.07) is 8.16. The molecule has 3 rings (SSSR count). The van der Waals surface area contributed by atoms with Gasteiger partial charge in [0.1, 0.15) is 25.9 Å². The second-order valence-corrected chi connectivity index (χ2v) is 8.62. The third kappa shape index (κ3) is 7.20. The van der Waals surface area contributed by atoms with Crippen LogP contribution in [0.4, 0.5) is 11.4 Å². The number of benzene rings is 2. The maximum atomic E-state index is 12.6. The molecule has 0 aliphatic rings. The summed E-state index contributed by atoms with van der Waals surface area (Å²) in [6.07, 6.45) is 0. The summed E-state index contributed by atoms with van der Waals surface area (Å²) in [5.74, 6) is -1.80. The Kier molecular flexibility index (Phi) is 11.3. The van der Waals surface area contributed by atoms with Gasteiger partial charge in [-0.25, -0.2) is 21.5 Å². The molecule has 0 aliphatic carbocycles. The SMILES string of the molecule is O=C([O-])c1[nH]n(-c2ccc(S(=O)(=O)[O-])cc2)c(=O)c1N=Nc1ccc(S(=O)(=O)[O-])cc1.[Cu+].[Cu+].[Cu+]. The van der Waals surface area contributed by atoms with E-state index in [0.29, 0.717) is 4.68 Å². The first-order chi connectivity index (χ1) is 14.4. The third-order valence-corrected chi connectivity index (χ3v) is 5.54. The quantitative estimate of drug-likeness (QED) is 0.210. The standard InChI is InChI=1S/C16H12N4O9S2.3Cu/c21-15-13(18-17-9-1-5-11(6-2-9)30(24,25)26)14(16(22)23)19-20(15)10-3-7-12(8-4-10)31(27,28)29;;;/h1-8,19H,(H,22,23)(H,24,25,26)(H,27,28,29);;;/q;3*+1/p-3. The zero-order valence-electron chi connectivity index (χ0n) is 15.9. The van der Waals surface area contributed by atoms with E-state index in [-0.39, 0.29) is 62.6 Å². The van der Waals surface area contributed by atoms with Crippen molar-refractivity contribution in [3.05, 3.63) is 64.6 Å². The van der Waals surface area contributed by atoms with Gasteiger partial charge in [0.25, 0.3) is 5.56 Å². The number of azo groups is 1. The Morgan fingerprint density at radius 3 is 1.65 bits per heavy atom. The molecule has 0 radical (unpaired) electrons. The van der Waals surface area contributed by atoms with Gasteiger partial charge in [-0.3, -0.25) is 9.89 Å². The van der Waals surface area contributed by atoms with Crippen molar-refractivity contribution in [1.82, 2.24) is 9.78 Å². The normalized spacial score (nSPS) is 11.2. The third-order valence-electron chi connectivity index (χ3n) is 3.84. The molecular weight excluding hydrogens is 647 g/mol. The maximum Gasteiger partial charge on any atom is 1.00 e. The van der Waals surface area contributed by atoms with Crippen LogP contribution < -0.4 is 10.7 Å². The van der Waals surface area contributed by atoms with E-state index < -0.39 is 52.9 Å². The Hall–Kier alpha value is -2.10. The summed E-state index contributed by atoms with van der Waals surface area (Å²) in [5.41, 5.74) is -2.39. The molecule has 1 aromatic heterocycles. The molecule has 1 N–H and O–H groups in total. The van der Waals surface area contributed by atoms with Gasteiger partial charge in [0.15, 0.2) is 5.69 Å². The molecule has 192 valence electrons. The van der Waals surface area contributed by atoms with Gasteiger partial charge in [-0.2, -0.15) is 5.11 Å². The van der Waals surface area contributed by atoms with Crippen molar-refractivity contribution in [3.8, 4) is 5.69 Å². The molecule has 0 aliphatic heterocycles. The number of carbonyl (C=O) groups is 1. The van der Waals surface area contributed by atoms with Gasteiger partial charge in [0.2, 0.25) is 0 Å². The van der Waals surface area contributed by atoms with Crippen LogP contribution in [0.25, 0.3) is 5.69 Å². The Balaban J connectivity index is 0.00000363. The molecule has 3 aromatic rings. The Morgan fingerprint density at radius 2 is 1.24 bits per heavy atom. The van der Waals surface area contributed by atoms with Gasteiger partial charge in [0.05, 0.1) is 27.1 Å². The minimum Gasteiger partial charge on any atom is -0.744 e. The van der Waals surface area contributed by atoms with E-state index in [1.807, 2.05) is 0 Å². The van der Waals surface area contributed by atoms with Crippen LogP contribution in [-0.2, 0) is 71.4 Å². The largest absolute Gasteiger partial charge is 1.00 e. The molecule has 0 fully saturated rings. The van der Waals surface area contributed by atoms with Crippen LogP contribution in [0.15, 0.2) is 73.3 Å². The summed E-state index contributed by atoms with van der Waals surface area (Å²) in [5, 5.41) is 20.8. The number of carboxylic acids is 1. The van der Waals surface area contributed by atoms with E-state index in [2.05, 4.69) is 15.3 Å². The van der Waals surface area contributed by atoms with E-state index in [0.717, 1.165) is 48.5 Å². The van der Waals surface area contributed by atoms with Crippen LogP contribution in [0.1, 0.15) is 10.5 Å². The molecule has 0 saturated carbocycles. The second-order valence-electron chi connectivity index (χ2n) is 5.86. The van der Waals surface area contributed by atoms with Gasteiger partial charge < -0.3 is 19.0 Å². The molecule has 1 heterocycles. The zero-order valence-corrected chi connectivity index (χ0v) is 20.3. The van der Waals surface area contributed by atoms with Gasteiger partial charge in [-0.15, -0.1) is 5.11 Å². The number of carboxylic acid groups (broad SMARTS) is 1. The molecule has 34 heavy (non-hydrogen) atoms. The van der Waals surface area contributed by atoms with E-state index >= 15 is 0 Å². The predicted octanol–water partition coefficient (Wildman–Crippen LogP) is -0.255. The van der Waals surface area contributed by atoms with Crippen LogP contribution in [0, 0.1) is 0 Å². The van der Waals surface area contributed by atoms with Gasteiger partial charge in [-0.1, -0.05) is 0 Å². The van der Waals surface area contributed by atoms with E-state index in [1.165, 1.54) is 0 Å². The Morgan fingerprint density at radius 1 is 0.794 bits per heavy atom. The van der Waals surface area contributed by atoms with Crippen LogP contribution >= 0.6 is 0 Å². The average Bonchev–Trinajstić information content (AvgIpc) is 3.02. The summed E-state index contributed by atoms with van der Waals surface area (Å²) in [4.78, 5) is 22.8. The zero-order chi connectivity index (χ0) is 23.0. The topological polar surface area (TPSA) is 217 Å². The predicted molar refractivity (Wildman–Crippen MR) is 97.3 cm³/mol. The number of aromatic amines is 1. The van der Waals surface area contributed by atoms with Crippen molar-refractivity contribution in [2.24, 2.45) is 10.2 Å². The monoisotopic (exact) mass is 654 g/mol. The first kappa shape index (κ1) is 31.9. The van der Waals surface area contributed by atoms with Gasteiger partial charge in [-0.05, 0) is 48.5 Å². The van der Waals surface area contributed by atoms with Crippen molar-refractivity contribution in [2.75, 3.05) is 0 Å². The van der Waals surface area contributed by atoms with Crippen molar-refractivity contribution >= 4 is 37.6 Å². The fraction of sp³-hybridized carbons (Fsp3) is 0. The molecule has 0 saturated heterocycles. The molecule has 0 atom stereocenters. The number of hydrogen-bond donors (Lipinski definition) is 1. The summed E-state index contributed by atoms with van der Waals surface area (Å²) >= 11 is 0. The number of H-pyrrole nitrogens is 1. The molecule has 18 heteroatoms. The fourth-order valence-corrected chi connectivity index (χ4v) is 3.33. The van der Waals surface area contributed by atoms with Crippen LogP contribution in [-0.4, -0.2) is 41.7 Å². The van der Waals surface area contributed by atoms with Crippen LogP contribution in [0.5, 0.6) is 0 Å². The summed E-state index contributed by atoms with van der Waals surface area (Å²) < 4.78 is 66.5. The second kappa shape index (κ2) is 12.0. The van der Waals surface area contributed by atoms with E-state index in [1.54, 1.807) is 0 Å². The molecule has 0 bridgehead atoms. The smallest absolute Gasteiger partial charge is 0.744 e. The van der Waals surface area contributed by atoms with Crippen molar-refractivity contribution in [2.45, 2.75) is 9.79 Å². The van der Waals surface area contributed by atoms with Crippen molar-refractivity contribution in [3.63, 3.8) is 0 Å². The maximum absolute atomic E-state index is 12.6. The molecular formula is C16H9Cu3N4O9S2. The van der Waals surface area contributed by atoms with E-state index in [9.17, 15) is 40.6 Å². The fourth-order valence-electron chi connectivity index (χ4n) is 2.39. The summed E-state index contributed by atoms with van der Waals surface area (Å²) in [7, 11) is -9.40. The molecule has 2 aromatic carbocycles. The van der Waals surface area contributed by atoms with Crippen molar-refractivity contribution < 1.29 is 87.0 Å². The first-order valence-electron chi connectivity index (χ1n) is 7.98. The van der Waals surface area contributed by atoms with Crippen molar-refractivity contribution in [1.29, 1.82) is 0 Å². The Bertz CT molecular complexity index is 1470. The number of aromatic nitrogens is 2. The minimum absolute atomic E-state index is 0. The van der Waals surface area contributed by atoms with Gasteiger partial charge in [0, 0.05) is 0 Å². The van der Waals surface area contributed by atoms with Crippen LogP contribution in [0.2, 0.25) is 0 Å².